The predicted molar refractivity (Wildman–Crippen MR) is 172 cm³/mol. The number of nitro groups is 1. The van der Waals surface area contributed by atoms with Gasteiger partial charge in [0.1, 0.15) is 5.56 Å². The lowest BCUT2D eigenvalue weighted by Crippen LogP contribution is -2.46. The fourth-order valence-corrected chi connectivity index (χ4v) is 7.19. The third-order valence-corrected chi connectivity index (χ3v) is 9.91. The molecule has 7 nitrogen and oxygen atoms in total. The molecule has 1 N–H and O–H groups in total. The number of hydrogen-bond donors (Lipinski definition) is 1. The van der Waals surface area contributed by atoms with E-state index in [4.69, 9.17) is 0 Å². The van der Waals surface area contributed by atoms with Gasteiger partial charge in [0, 0.05) is 56.7 Å². The number of pyridine rings is 1. The highest BCUT2D eigenvalue weighted by Gasteiger charge is 2.45. The molecule has 0 bridgehead atoms. The van der Waals surface area contributed by atoms with E-state index in [0.717, 1.165) is 100 Å². The van der Waals surface area contributed by atoms with Crippen LogP contribution in [0.5, 0.6) is 0 Å². The van der Waals surface area contributed by atoms with Crippen LogP contribution in [0.1, 0.15) is 60.3 Å². The van der Waals surface area contributed by atoms with Crippen molar-refractivity contribution in [1.29, 1.82) is 0 Å². The number of piperazine rings is 1. The Bertz CT molecular complexity index is 1610. The summed E-state index contributed by atoms with van der Waals surface area (Å²) in [5, 5.41) is 14.2. The van der Waals surface area contributed by atoms with Gasteiger partial charge in [-0.25, -0.2) is 0 Å². The fraction of sp³-hybridized carbons (Fsp3) is 0.457. The SMILES string of the molecule is O=[N+]([O-])c1ccc(NC2CCC(C3CC3c3cncc(N4CCN(C/C=C/c5ccc(C(F)(F)F)cc5)CC4)c3)CC2)cc1C(F)(F)F. The van der Waals surface area contributed by atoms with Gasteiger partial charge in [0.05, 0.1) is 22.4 Å². The van der Waals surface area contributed by atoms with E-state index in [1.807, 2.05) is 24.5 Å². The number of halogens is 6. The van der Waals surface area contributed by atoms with E-state index in [1.54, 1.807) is 0 Å². The summed E-state index contributed by atoms with van der Waals surface area (Å²) < 4.78 is 78.5. The van der Waals surface area contributed by atoms with Gasteiger partial charge in [0.15, 0.2) is 0 Å². The lowest BCUT2D eigenvalue weighted by Gasteiger charge is -2.35. The molecule has 0 amide bonds. The van der Waals surface area contributed by atoms with Gasteiger partial charge in [-0.3, -0.25) is 20.0 Å². The van der Waals surface area contributed by atoms with Gasteiger partial charge in [-0.15, -0.1) is 0 Å². The molecular weight excluding hydrogens is 636 g/mol. The topological polar surface area (TPSA) is 74.5 Å². The van der Waals surface area contributed by atoms with E-state index in [2.05, 4.69) is 26.2 Å². The van der Waals surface area contributed by atoms with Crippen LogP contribution in [0.3, 0.4) is 0 Å². The number of alkyl halides is 6. The Morgan fingerprint density at radius 3 is 2.25 bits per heavy atom. The van der Waals surface area contributed by atoms with Crippen molar-refractivity contribution < 1.29 is 31.3 Å². The molecule has 2 aromatic carbocycles. The Hall–Kier alpha value is -4.13. The van der Waals surface area contributed by atoms with Crippen molar-refractivity contribution >= 4 is 23.1 Å². The molecule has 2 atom stereocenters. The summed E-state index contributed by atoms with van der Waals surface area (Å²) in [4.78, 5) is 19.3. The minimum atomic E-state index is -4.81. The molecule has 2 heterocycles. The summed E-state index contributed by atoms with van der Waals surface area (Å²) >= 11 is 0. The predicted octanol–water partition coefficient (Wildman–Crippen LogP) is 8.64. The van der Waals surface area contributed by atoms with Crippen LogP contribution >= 0.6 is 0 Å². The van der Waals surface area contributed by atoms with E-state index < -0.39 is 34.1 Å². The van der Waals surface area contributed by atoms with Crippen LogP contribution in [0, 0.1) is 22.0 Å². The molecule has 0 radical (unpaired) electrons. The van der Waals surface area contributed by atoms with Gasteiger partial charge in [-0.1, -0.05) is 24.3 Å². The second-order valence-electron chi connectivity index (χ2n) is 13.0. The number of nitrogens with one attached hydrogen (secondary N) is 1. The first kappa shape index (κ1) is 33.8. The molecule has 3 fully saturated rings. The molecule has 3 aromatic rings. The largest absolute Gasteiger partial charge is 0.423 e. The van der Waals surface area contributed by atoms with Crippen molar-refractivity contribution in [1.82, 2.24) is 9.88 Å². The highest BCUT2D eigenvalue weighted by molar-refractivity contribution is 5.56. The lowest BCUT2D eigenvalue weighted by atomic mass is 9.82. The van der Waals surface area contributed by atoms with E-state index in [9.17, 15) is 36.5 Å². The second-order valence-corrected chi connectivity index (χ2v) is 13.0. The third-order valence-electron chi connectivity index (χ3n) is 9.91. The van der Waals surface area contributed by atoms with Gasteiger partial charge in [0.25, 0.3) is 5.69 Å². The maximum absolute atomic E-state index is 13.4. The summed E-state index contributed by atoms with van der Waals surface area (Å²) in [6, 6.07) is 10.5. The standard InChI is InChI=1S/C35H37F6N5O2/c36-34(37,38)26-7-3-23(4-8-26)2-1-13-44-14-16-45(17-15-44)29-18-25(21-42-22-29)31-20-30(31)24-5-9-27(10-6-24)43-28-11-12-33(46(47)48)32(19-28)35(39,40)41/h1-4,7-8,11-12,18-19,21-22,24,27,30-31,43H,5-6,9-10,13-17,20H2/b2-1+. The molecule has 2 aliphatic carbocycles. The van der Waals surface area contributed by atoms with Crippen LogP contribution in [0.2, 0.25) is 0 Å². The van der Waals surface area contributed by atoms with Crippen LogP contribution in [0.15, 0.2) is 67.0 Å². The summed E-state index contributed by atoms with van der Waals surface area (Å²) in [6.45, 7) is 4.15. The quantitative estimate of drug-likeness (QED) is 0.139. The van der Waals surface area contributed by atoms with Crippen LogP contribution in [0.4, 0.5) is 43.4 Å². The summed E-state index contributed by atoms with van der Waals surface area (Å²) in [5.41, 5.74) is 0.495. The molecule has 256 valence electrons. The smallest absolute Gasteiger partial charge is 0.382 e. The second kappa shape index (κ2) is 13.8. The van der Waals surface area contributed by atoms with Crippen molar-refractivity contribution in [2.75, 3.05) is 42.9 Å². The van der Waals surface area contributed by atoms with Crippen molar-refractivity contribution in [3.63, 3.8) is 0 Å². The summed E-state index contributed by atoms with van der Waals surface area (Å²) in [7, 11) is 0. The normalized spacial score (nSPS) is 23.8. The monoisotopic (exact) mass is 673 g/mol. The zero-order valence-corrected chi connectivity index (χ0v) is 26.2. The Labute approximate surface area is 274 Å². The number of rotatable bonds is 9. The van der Waals surface area contributed by atoms with Crippen molar-refractivity contribution in [3.8, 4) is 0 Å². The van der Waals surface area contributed by atoms with Crippen molar-refractivity contribution in [2.45, 2.75) is 56.4 Å². The average molecular weight is 674 g/mol. The Morgan fingerprint density at radius 1 is 0.896 bits per heavy atom. The number of hydrogen-bond acceptors (Lipinski definition) is 6. The highest BCUT2D eigenvalue weighted by Crippen LogP contribution is 2.55. The van der Waals surface area contributed by atoms with Gasteiger partial charge < -0.3 is 10.2 Å². The first-order chi connectivity index (χ1) is 22.8. The minimum absolute atomic E-state index is 0.0185. The summed E-state index contributed by atoms with van der Waals surface area (Å²) in [5.74, 6) is 1.55. The van der Waals surface area contributed by atoms with Gasteiger partial charge >= 0.3 is 12.4 Å². The first-order valence-corrected chi connectivity index (χ1v) is 16.2. The Morgan fingerprint density at radius 2 is 1.60 bits per heavy atom. The van der Waals surface area contributed by atoms with Gasteiger partial charge in [-0.05, 0) is 91.3 Å². The van der Waals surface area contributed by atoms with E-state index in [0.29, 0.717) is 17.8 Å². The molecular formula is C35H37F6N5O2. The van der Waals surface area contributed by atoms with E-state index in [1.165, 1.54) is 23.8 Å². The molecule has 48 heavy (non-hydrogen) atoms. The first-order valence-electron chi connectivity index (χ1n) is 16.2. The van der Waals surface area contributed by atoms with Crippen LogP contribution in [0.25, 0.3) is 6.08 Å². The number of nitrogens with zero attached hydrogens (tertiary/aromatic N) is 4. The molecule has 6 rings (SSSR count). The van der Waals surface area contributed by atoms with Crippen molar-refractivity contribution in [3.05, 3.63) is 99.4 Å². The molecule has 13 heteroatoms. The van der Waals surface area contributed by atoms with Gasteiger partial charge in [-0.2, -0.15) is 26.3 Å². The Kier molecular flexibility index (Phi) is 9.69. The molecule has 0 spiro atoms. The van der Waals surface area contributed by atoms with Gasteiger partial charge in [0.2, 0.25) is 0 Å². The molecule has 3 aliphatic rings. The molecule has 1 saturated heterocycles. The van der Waals surface area contributed by atoms with Crippen LogP contribution < -0.4 is 10.2 Å². The zero-order chi connectivity index (χ0) is 34.1. The van der Waals surface area contributed by atoms with Crippen molar-refractivity contribution in [2.24, 2.45) is 11.8 Å². The number of nitro benzene ring substituents is 1. The van der Waals surface area contributed by atoms with E-state index in [-0.39, 0.29) is 11.7 Å². The number of aromatic nitrogens is 1. The molecule has 2 unspecified atom stereocenters. The maximum atomic E-state index is 13.4. The summed E-state index contributed by atoms with van der Waals surface area (Å²) in [6.07, 6.45) is 3.25. The number of anilines is 2. The highest BCUT2D eigenvalue weighted by atomic mass is 19.4. The lowest BCUT2D eigenvalue weighted by molar-refractivity contribution is -0.388. The fourth-order valence-electron chi connectivity index (χ4n) is 7.19. The van der Waals surface area contributed by atoms with Crippen LogP contribution in [-0.4, -0.2) is 53.6 Å². The van der Waals surface area contributed by atoms with Crippen LogP contribution in [-0.2, 0) is 12.4 Å². The maximum Gasteiger partial charge on any atom is 0.423 e. The minimum Gasteiger partial charge on any atom is -0.382 e. The Balaban J connectivity index is 0.954. The average Bonchev–Trinajstić information content (AvgIpc) is 3.86. The zero-order valence-electron chi connectivity index (χ0n) is 26.2. The molecule has 1 aromatic heterocycles. The number of benzene rings is 2. The van der Waals surface area contributed by atoms with E-state index >= 15 is 0 Å². The molecule has 1 aliphatic heterocycles. The third kappa shape index (κ3) is 8.11. The molecule has 2 saturated carbocycles.